The molecule has 0 radical (unpaired) electrons. The van der Waals surface area contributed by atoms with Gasteiger partial charge >= 0.3 is 0 Å². The summed E-state index contributed by atoms with van der Waals surface area (Å²) >= 11 is 0. The van der Waals surface area contributed by atoms with Crippen molar-refractivity contribution < 1.29 is 9.53 Å². The Hall–Kier alpha value is -2.29. The monoisotopic (exact) mass is 468 g/mol. The second kappa shape index (κ2) is 13.0. The number of nitrogens with zero attached hydrogens (tertiary/aromatic N) is 1. The number of guanidine groups is 1. The normalized spacial score (nSPS) is 10.4. The van der Waals surface area contributed by atoms with E-state index in [1.54, 1.807) is 0 Å². The standard InChI is InChI=1S/C19H24N4O2.HI/c1-2-20-19(21-13-14-25-17-11-7-4-8-12-17)22-15-18(24)23-16-9-5-3-6-10-16;/h3-12H,2,13-15H2,1H3,(H,23,24)(H2,20,21,22);1H. The third-order valence-electron chi connectivity index (χ3n) is 3.19. The Morgan fingerprint density at radius 3 is 2.31 bits per heavy atom. The first kappa shape index (κ1) is 21.8. The Bertz CT molecular complexity index is 666. The molecule has 2 aromatic carbocycles. The van der Waals surface area contributed by atoms with Crippen LogP contribution in [-0.4, -0.2) is 38.1 Å². The van der Waals surface area contributed by atoms with E-state index in [1.807, 2.05) is 67.6 Å². The van der Waals surface area contributed by atoms with Crippen LogP contribution in [0.1, 0.15) is 6.92 Å². The van der Waals surface area contributed by atoms with Gasteiger partial charge in [0.15, 0.2) is 5.96 Å². The van der Waals surface area contributed by atoms with E-state index >= 15 is 0 Å². The molecular weight excluding hydrogens is 443 g/mol. The van der Waals surface area contributed by atoms with E-state index in [4.69, 9.17) is 4.74 Å². The highest BCUT2D eigenvalue weighted by Crippen LogP contribution is 2.07. The molecule has 3 N–H and O–H groups in total. The first-order valence-corrected chi connectivity index (χ1v) is 8.33. The van der Waals surface area contributed by atoms with Gasteiger partial charge in [-0.1, -0.05) is 36.4 Å². The fraction of sp³-hybridized carbons (Fsp3) is 0.263. The molecule has 0 heterocycles. The SMILES string of the molecule is CCNC(=NCC(=O)Nc1ccccc1)NCCOc1ccccc1.I. The minimum Gasteiger partial charge on any atom is -0.492 e. The van der Waals surface area contributed by atoms with Gasteiger partial charge < -0.3 is 20.7 Å². The van der Waals surface area contributed by atoms with E-state index in [1.165, 1.54) is 0 Å². The zero-order valence-corrected chi connectivity index (χ0v) is 17.1. The lowest BCUT2D eigenvalue weighted by atomic mass is 10.3. The van der Waals surface area contributed by atoms with Crippen molar-refractivity contribution in [2.45, 2.75) is 6.92 Å². The number of rotatable bonds is 8. The van der Waals surface area contributed by atoms with Gasteiger partial charge in [0.25, 0.3) is 0 Å². The van der Waals surface area contributed by atoms with Gasteiger partial charge in [-0.15, -0.1) is 24.0 Å². The molecule has 0 saturated carbocycles. The van der Waals surface area contributed by atoms with Gasteiger partial charge in [0.1, 0.15) is 18.9 Å². The largest absolute Gasteiger partial charge is 0.492 e. The van der Waals surface area contributed by atoms with Gasteiger partial charge in [0.05, 0.1) is 6.54 Å². The molecule has 0 bridgehead atoms. The molecular formula is C19H25IN4O2. The molecule has 0 saturated heterocycles. The maximum absolute atomic E-state index is 11.9. The molecule has 0 fully saturated rings. The Balaban J connectivity index is 0.00000338. The topological polar surface area (TPSA) is 74.8 Å². The van der Waals surface area contributed by atoms with Gasteiger partial charge in [-0.25, -0.2) is 4.99 Å². The number of para-hydroxylation sites is 2. The van der Waals surface area contributed by atoms with Crippen LogP contribution >= 0.6 is 24.0 Å². The zero-order valence-electron chi connectivity index (χ0n) is 14.8. The molecule has 0 aromatic heterocycles. The molecule has 2 aromatic rings. The van der Waals surface area contributed by atoms with E-state index in [9.17, 15) is 4.79 Å². The Labute approximate surface area is 171 Å². The molecule has 2 rings (SSSR count). The molecule has 26 heavy (non-hydrogen) atoms. The van der Waals surface area contributed by atoms with Crippen LogP contribution in [0.25, 0.3) is 0 Å². The summed E-state index contributed by atoms with van der Waals surface area (Å²) in [5.41, 5.74) is 0.761. The molecule has 0 aliphatic carbocycles. The van der Waals surface area contributed by atoms with Crippen LogP contribution in [0.5, 0.6) is 5.75 Å². The maximum Gasteiger partial charge on any atom is 0.246 e. The number of hydrogen-bond donors (Lipinski definition) is 3. The molecule has 0 unspecified atom stereocenters. The predicted molar refractivity (Wildman–Crippen MR) is 116 cm³/mol. The van der Waals surface area contributed by atoms with Gasteiger partial charge in [0, 0.05) is 12.2 Å². The summed E-state index contributed by atoms with van der Waals surface area (Å²) in [5.74, 6) is 1.25. The van der Waals surface area contributed by atoms with Gasteiger partial charge in [-0.2, -0.15) is 0 Å². The average Bonchev–Trinajstić information content (AvgIpc) is 2.65. The summed E-state index contributed by atoms with van der Waals surface area (Å²) in [7, 11) is 0. The van der Waals surface area contributed by atoms with E-state index < -0.39 is 0 Å². The van der Waals surface area contributed by atoms with E-state index in [2.05, 4.69) is 20.9 Å². The fourth-order valence-electron chi connectivity index (χ4n) is 2.07. The van der Waals surface area contributed by atoms with Crippen LogP contribution in [0.4, 0.5) is 5.69 Å². The minimum atomic E-state index is -0.163. The second-order valence-electron chi connectivity index (χ2n) is 5.20. The van der Waals surface area contributed by atoms with E-state index in [-0.39, 0.29) is 36.4 Å². The zero-order chi connectivity index (χ0) is 17.7. The number of nitrogens with one attached hydrogen (secondary N) is 3. The first-order chi connectivity index (χ1) is 12.3. The van der Waals surface area contributed by atoms with Crippen molar-refractivity contribution in [3.8, 4) is 5.75 Å². The summed E-state index contributed by atoms with van der Waals surface area (Å²) in [5, 5.41) is 9.05. The van der Waals surface area contributed by atoms with Crippen molar-refractivity contribution in [3.05, 3.63) is 60.7 Å². The molecule has 7 heteroatoms. The van der Waals surface area contributed by atoms with Crippen LogP contribution in [0.3, 0.4) is 0 Å². The van der Waals surface area contributed by atoms with Gasteiger partial charge in [-0.05, 0) is 31.2 Å². The summed E-state index contributed by atoms with van der Waals surface area (Å²) in [6.07, 6.45) is 0. The highest BCUT2D eigenvalue weighted by Gasteiger charge is 2.03. The number of amides is 1. The Morgan fingerprint density at radius 2 is 1.65 bits per heavy atom. The number of ether oxygens (including phenoxy) is 1. The number of aliphatic imine (C=N–C) groups is 1. The lowest BCUT2D eigenvalue weighted by molar-refractivity contribution is -0.114. The van der Waals surface area contributed by atoms with Crippen molar-refractivity contribution in [2.75, 3.05) is 31.6 Å². The summed E-state index contributed by atoms with van der Waals surface area (Å²) in [4.78, 5) is 16.2. The quantitative estimate of drug-likeness (QED) is 0.241. The number of hydrogen-bond acceptors (Lipinski definition) is 3. The number of anilines is 1. The lowest BCUT2D eigenvalue weighted by Gasteiger charge is -2.12. The number of carbonyl (C=O) groups is 1. The minimum absolute atomic E-state index is 0. The van der Waals surface area contributed by atoms with Crippen LogP contribution in [0, 0.1) is 0 Å². The lowest BCUT2D eigenvalue weighted by Crippen LogP contribution is -2.39. The molecule has 1 amide bonds. The molecule has 0 aliphatic rings. The van der Waals surface area contributed by atoms with Crippen LogP contribution in [-0.2, 0) is 4.79 Å². The molecule has 0 spiro atoms. The predicted octanol–water partition coefficient (Wildman–Crippen LogP) is 2.88. The van der Waals surface area contributed by atoms with Crippen molar-refractivity contribution in [3.63, 3.8) is 0 Å². The summed E-state index contributed by atoms with van der Waals surface area (Å²) < 4.78 is 5.61. The summed E-state index contributed by atoms with van der Waals surface area (Å²) in [6.45, 7) is 3.82. The molecule has 140 valence electrons. The smallest absolute Gasteiger partial charge is 0.246 e. The van der Waals surface area contributed by atoms with Crippen LogP contribution < -0.4 is 20.7 Å². The van der Waals surface area contributed by atoms with E-state index in [0.717, 1.165) is 11.4 Å². The first-order valence-electron chi connectivity index (χ1n) is 8.33. The van der Waals surface area contributed by atoms with Crippen LogP contribution in [0.2, 0.25) is 0 Å². The second-order valence-corrected chi connectivity index (χ2v) is 5.20. The third-order valence-corrected chi connectivity index (χ3v) is 3.19. The fourth-order valence-corrected chi connectivity index (χ4v) is 2.07. The van der Waals surface area contributed by atoms with Gasteiger partial charge in [0.2, 0.25) is 5.91 Å². The van der Waals surface area contributed by atoms with Crippen molar-refractivity contribution in [1.29, 1.82) is 0 Å². The number of halogens is 1. The van der Waals surface area contributed by atoms with E-state index in [0.29, 0.717) is 25.7 Å². The summed E-state index contributed by atoms with van der Waals surface area (Å²) in [6, 6.07) is 19.0. The van der Waals surface area contributed by atoms with Crippen molar-refractivity contribution in [2.24, 2.45) is 4.99 Å². The molecule has 0 atom stereocenters. The Morgan fingerprint density at radius 1 is 1.00 bits per heavy atom. The number of benzene rings is 2. The third kappa shape index (κ3) is 8.70. The van der Waals surface area contributed by atoms with Crippen molar-refractivity contribution >= 4 is 41.5 Å². The number of carbonyl (C=O) groups excluding carboxylic acids is 1. The highest BCUT2D eigenvalue weighted by molar-refractivity contribution is 14.0. The molecule has 0 aliphatic heterocycles. The average molecular weight is 468 g/mol. The van der Waals surface area contributed by atoms with Crippen LogP contribution in [0.15, 0.2) is 65.7 Å². The van der Waals surface area contributed by atoms with Gasteiger partial charge in [-0.3, -0.25) is 4.79 Å². The maximum atomic E-state index is 11.9. The van der Waals surface area contributed by atoms with Crippen molar-refractivity contribution in [1.82, 2.24) is 10.6 Å². The molecule has 6 nitrogen and oxygen atoms in total. The highest BCUT2D eigenvalue weighted by atomic mass is 127. The Kier molecular flexibility index (Phi) is 10.9.